The molecule has 0 aromatic rings. The number of allylic oxidation sites excluding steroid dienone is 1. The molecule has 0 aromatic heterocycles. The largest absolute Gasteiger partial charge is 0.480 e. The van der Waals surface area contributed by atoms with Crippen LogP contribution in [0.15, 0.2) is 23.8 Å². The summed E-state index contributed by atoms with van der Waals surface area (Å²) < 4.78 is 9.96. The minimum Gasteiger partial charge on any atom is -0.480 e. The van der Waals surface area contributed by atoms with Crippen molar-refractivity contribution >= 4 is 12.1 Å². The number of methoxy groups -OCH3 is 1. The molecule has 1 rings (SSSR count). The first-order valence-corrected chi connectivity index (χ1v) is 6.93. The molecule has 0 radical (unpaired) electrons. The average Bonchev–Trinajstić information content (AvgIpc) is 2.38. The molecule has 0 saturated carbocycles. The van der Waals surface area contributed by atoms with Crippen LogP contribution in [0, 0.1) is 0 Å². The van der Waals surface area contributed by atoms with Gasteiger partial charge in [-0.15, -0.1) is 0 Å². The normalized spacial score (nSPS) is 22.7. The number of alkyl carbamates (subject to hydrolysis) is 1. The van der Waals surface area contributed by atoms with Crippen molar-refractivity contribution < 1.29 is 29.3 Å². The summed E-state index contributed by atoms with van der Waals surface area (Å²) in [7, 11) is 1.38. The first kappa shape index (κ1) is 18.2. The molecule has 0 bridgehead atoms. The summed E-state index contributed by atoms with van der Waals surface area (Å²) in [6.45, 7) is 5.08. The Hall–Kier alpha value is -1.86. The first-order chi connectivity index (χ1) is 10.0. The molecule has 124 valence electrons. The second kappa shape index (κ2) is 6.93. The number of hydrogen-bond donors (Lipinski definition) is 3. The predicted molar refractivity (Wildman–Crippen MR) is 79.2 cm³/mol. The number of aliphatic carboxylic acids is 1. The van der Waals surface area contributed by atoms with Gasteiger partial charge in [-0.3, -0.25) is 0 Å². The van der Waals surface area contributed by atoms with Gasteiger partial charge in [0.05, 0.1) is 0 Å². The van der Waals surface area contributed by atoms with Gasteiger partial charge in [0.2, 0.25) is 0 Å². The van der Waals surface area contributed by atoms with Crippen LogP contribution in [-0.4, -0.2) is 46.8 Å². The van der Waals surface area contributed by atoms with Gasteiger partial charge in [-0.1, -0.05) is 12.2 Å². The van der Waals surface area contributed by atoms with Crippen LogP contribution in [-0.2, 0) is 14.3 Å². The molecule has 7 nitrogen and oxygen atoms in total. The van der Waals surface area contributed by atoms with Gasteiger partial charge in [-0.05, 0) is 32.4 Å². The third-order valence-corrected chi connectivity index (χ3v) is 3.00. The van der Waals surface area contributed by atoms with Crippen LogP contribution in [0.3, 0.4) is 0 Å². The van der Waals surface area contributed by atoms with Gasteiger partial charge in [0, 0.05) is 20.0 Å². The van der Waals surface area contributed by atoms with Crippen LogP contribution in [0.5, 0.6) is 0 Å². The van der Waals surface area contributed by atoms with Crippen molar-refractivity contribution in [3.8, 4) is 0 Å². The average molecular weight is 313 g/mol. The summed E-state index contributed by atoms with van der Waals surface area (Å²) in [5, 5.41) is 21.4. The lowest BCUT2D eigenvalue weighted by molar-refractivity contribution is -0.143. The lowest BCUT2D eigenvalue weighted by Crippen LogP contribution is -2.43. The van der Waals surface area contributed by atoms with Crippen molar-refractivity contribution in [3.05, 3.63) is 23.8 Å². The molecule has 22 heavy (non-hydrogen) atoms. The van der Waals surface area contributed by atoms with E-state index in [1.54, 1.807) is 32.9 Å². The number of nitrogens with one attached hydrogen (secondary N) is 1. The van der Waals surface area contributed by atoms with E-state index in [-0.39, 0.29) is 12.8 Å². The Labute approximate surface area is 129 Å². The number of carbonyl (C=O) groups is 2. The minimum atomic E-state index is -1.36. The number of ether oxygens (including phenoxy) is 2. The molecule has 1 unspecified atom stereocenters. The first-order valence-electron chi connectivity index (χ1n) is 6.93. The van der Waals surface area contributed by atoms with E-state index < -0.39 is 29.5 Å². The van der Waals surface area contributed by atoms with E-state index in [0.29, 0.717) is 5.57 Å². The summed E-state index contributed by atoms with van der Waals surface area (Å²) in [6.07, 6.45) is 4.23. The van der Waals surface area contributed by atoms with Crippen molar-refractivity contribution in [2.45, 2.75) is 51.0 Å². The quantitative estimate of drug-likeness (QED) is 0.665. The number of carbonyl (C=O) groups excluding carboxylic acids is 1. The SMILES string of the molecule is COC1(O)C=CC(C[C@H](NC(=O)OC(C)(C)C)C(=O)O)=CC1. The van der Waals surface area contributed by atoms with Gasteiger partial charge >= 0.3 is 12.1 Å². The van der Waals surface area contributed by atoms with Crippen LogP contribution in [0.25, 0.3) is 0 Å². The van der Waals surface area contributed by atoms with Crippen LogP contribution in [0.1, 0.15) is 33.6 Å². The maximum Gasteiger partial charge on any atom is 0.408 e. The molecule has 1 amide bonds. The number of carboxylic acids is 1. The van der Waals surface area contributed by atoms with E-state index in [1.807, 2.05) is 0 Å². The zero-order chi connectivity index (χ0) is 17.0. The number of aliphatic hydroxyl groups is 1. The summed E-state index contributed by atoms with van der Waals surface area (Å²) in [4.78, 5) is 22.9. The van der Waals surface area contributed by atoms with E-state index in [0.717, 1.165) is 0 Å². The molecule has 0 aliphatic heterocycles. The van der Waals surface area contributed by atoms with E-state index in [4.69, 9.17) is 9.47 Å². The maximum absolute atomic E-state index is 11.7. The molecule has 0 heterocycles. The van der Waals surface area contributed by atoms with Gasteiger partial charge in [-0.2, -0.15) is 0 Å². The summed E-state index contributed by atoms with van der Waals surface area (Å²) in [6, 6.07) is -1.11. The molecular weight excluding hydrogens is 290 g/mol. The molecule has 0 spiro atoms. The van der Waals surface area contributed by atoms with Crippen LogP contribution < -0.4 is 5.32 Å². The van der Waals surface area contributed by atoms with Gasteiger partial charge < -0.3 is 25.0 Å². The monoisotopic (exact) mass is 313 g/mol. The molecule has 2 atom stereocenters. The highest BCUT2D eigenvalue weighted by Crippen LogP contribution is 2.23. The third-order valence-electron chi connectivity index (χ3n) is 3.00. The molecule has 0 fully saturated rings. The highest BCUT2D eigenvalue weighted by molar-refractivity contribution is 5.80. The van der Waals surface area contributed by atoms with Crippen molar-refractivity contribution in [2.75, 3.05) is 7.11 Å². The van der Waals surface area contributed by atoms with Crippen molar-refractivity contribution in [1.82, 2.24) is 5.32 Å². The number of carboxylic acid groups (broad SMARTS) is 1. The van der Waals surface area contributed by atoms with Crippen LogP contribution >= 0.6 is 0 Å². The summed E-state index contributed by atoms with van der Waals surface area (Å²) in [5.74, 6) is -2.52. The lowest BCUT2D eigenvalue weighted by Gasteiger charge is -2.26. The van der Waals surface area contributed by atoms with Crippen molar-refractivity contribution in [2.24, 2.45) is 0 Å². The third kappa shape index (κ3) is 5.87. The Bertz CT molecular complexity index is 491. The Balaban J connectivity index is 2.65. The van der Waals surface area contributed by atoms with Crippen molar-refractivity contribution in [3.63, 3.8) is 0 Å². The molecule has 1 aliphatic rings. The fourth-order valence-electron chi connectivity index (χ4n) is 1.84. The number of rotatable bonds is 5. The molecule has 3 N–H and O–H groups in total. The number of hydrogen-bond acceptors (Lipinski definition) is 5. The van der Waals surface area contributed by atoms with Crippen LogP contribution in [0.2, 0.25) is 0 Å². The van der Waals surface area contributed by atoms with Gasteiger partial charge in [0.15, 0.2) is 5.79 Å². The smallest absolute Gasteiger partial charge is 0.408 e. The standard InChI is InChI=1S/C15H23NO6/c1-14(2,3)22-13(19)16-11(12(17)18)9-10-5-7-15(20,21-4)8-6-10/h5-7,11,20H,8-9H2,1-4H3,(H,16,19)(H,17,18)/t11-,15?/m0/s1. The summed E-state index contributed by atoms with van der Waals surface area (Å²) >= 11 is 0. The maximum atomic E-state index is 11.7. The van der Waals surface area contributed by atoms with Gasteiger partial charge in [0.1, 0.15) is 11.6 Å². The Morgan fingerprint density at radius 2 is 2.09 bits per heavy atom. The highest BCUT2D eigenvalue weighted by Gasteiger charge is 2.28. The second-order valence-corrected chi connectivity index (χ2v) is 6.11. The second-order valence-electron chi connectivity index (χ2n) is 6.11. The fraction of sp³-hybridized carbons (Fsp3) is 0.600. The van der Waals surface area contributed by atoms with Gasteiger partial charge in [0.25, 0.3) is 0 Å². The Morgan fingerprint density at radius 3 is 2.50 bits per heavy atom. The number of amides is 1. The zero-order valence-electron chi connectivity index (χ0n) is 13.3. The highest BCUT2D eigenvalue weighted by atomic mass is 16.6. The molecule has 0 saturated heterocycles. The molecule has 1 aliphatic carbocycles. The van der Waals surface area contributed by atoms with Crippen LogP contribution in [0.4, 0.5) is 4.79 Å². The Morgan fingerprint density at radius 1 is 1.45 bits per heavy atom. The van der Waals surface area contributed by atoms with E-state index in [9.17, 15) is 19.8 Å². The van der Waals surface area contributed by atoms with E-state index in [2.05, 4.69) is 5.32 Å². The summed E-state index contributed by atoms with van der Waals surface area (Å²) in [5.41, 5.74) is -0.0169. The molecule has 7 heteroatoms. The fourth-order valence-corrected chi connectivity index (χ4v) is 1.84. The van der Waals surface area contributed by atoms with E-state index in [1.165, 1.54) is 13.2 Å². The molecule has 0 aromatic carbocycles. The lowest BCUT2D eigenvalue weighted by atomic mass is 9.97. The van der Waals surface area contributed by atoms with Gasteiger partial charge in [-0.25, -0.2) is 9.59 Å². The minimum absolute atomic E-state index is 0.0882. The van der Waals surface area contributed by atoms with E-state index >= 15 is 0 Å². The predicted octanol–water partition coefficient (Wildman–Crippen LogP) is 1.58. The zero-order valence-corrected chi connectivity index (χ0v) is 13.3. The Kier molecular flexibility index (Phi) is 5.73. The molecular formula is C15H23NO6. The topological polar surface area (TPSA) is 105 Å². The van der Waals surface area contributed by atoms with Crippen molar-refractivity contribution in [1.29, 1.82) is 0 Å².